The number of para-hydroxylation sites is 1. The Balaban J connectivity index is 0.869. The van der Waals surface area contributed by atoms with E-state index in [1.807, 2.05) is 53.4 Å². The Bertz CT molecular complexity index is 2350. The molecule has 2 unspecified atom stereocenters. The number of anilines is 3. The predicted octanol–water partition coefficient (Wildman–Crippen LogP) is 7.49. The average Bonchev–Trinajstić information content (AvgIpc) is 3.74. The van der Waals surface area contributed by atoms with Crippen molar-refractivity contribution in [1.82, 2.24) is 4.90 Å². The maximum absolute atomic E-state index is 14.2. The Morgan fingerprint density at radius 1 is 0.820 bits per heavy atom. The summed E-state index contributed by atoms with van der Waals surface area (Å²) in [5.74, 6) is 2.10. The van der Waals surface area contributed by atoms with Crippen molar-refractivity contribution in [3.63, 3.8) is 0 Å². The molecule has 0 saturated heterocycles. The lowest BCUT2D eigenvalue weighted by Crippen LogP contribution is -2.39. The van der Waals surface area contributed by atoms with Gasteiger partial charge in [-0.1, -0.05) is 44.2 Å². The number of hydrogen-bond acceptors (Lipinski definition) is 11. The van der Waals surface area contributed by atoms with Crippen LogP contribution in [0.5, 0.6) is 23.0 Å². The van der Waals surface area contributed by atoms with Crippen LogP contribution in [0.1, 0.15) is 70.5 Å². The van der Waals surface area contributed by atoms with E-state index in [9.17, 15) is 14.4 Å². The van der Waals surface area contributed by atoms with Crippen LogP contribution in [0.4, 0.5) is 22.7 Å². The lowest BCUT2D eigenvalue weighted by atomic mass is 9.98. The van der Waals surface area contributed by atoms with Gasteiger partial charge in [0.1, 0.15) is 0 Å². The smallest absolute Gasteiger partial charge is 0.305 e. The van der Waals surface area contributed by atoms with Gasteiger partial charge in [0.05, 0.1) is 69.1 Å². The largest absolute Gasteiger partial charge is 0.493 e. The third-order valence-corrected chi connectivity index (χ3v) is 12.1. The second kappa shape index (κ2) is 17.9. The maximum atomic E-state index is 14.2. The van der Waals surface area contributed by atoms with Gasteiger partial charge in [0, 0.05) is 55.7 Å². The molecule has 0 radical (unpaired) electrons. The van der Waals surface area contributed by atoms with Gasteiger partial charge >= 0.3 is 5.97 Å². The summed E-state index contributed by atoms with van der Waals surface area (Å²) in [7, 11) is 6.62. The van der Waals surface area contributed by atoms with Crippen LogP contribution in [-0.4, -0.2) is 95.7 Å². The summed E-state index contributed by atoms with van der Waals surface area (Å²) in [6, 6.07) is 21.4. The zero-order valence-electron chi connectivity index (χ0n) is 35.9. The number of carbonyl (C=O) groups excluding carboxylic acids is 3. The van der Waals surface area contributed by atoms with Gasteiger partial charge in [-0.3, -0.25) is 24.3 Å². The van der Waals surface area contributed by atoms with Crippen LogP contribution in [0.2, 0.25) is 0 Å². The first kappa shape index (κ1) is 41.6. The lowest BCUT2D eigenvalue weighted by Gasteiger charge is -2.23. The van der Waals surface area contributed by atoms with Crippen molar-refractivity contribution in [1.29, 1.82) is 0 Å². The highest BCUT2D eigenvalue weighted by atomic mass is 16.5. The molecule has 2 amide bonds. The summed E-state index contributed by atoms with van der Waals surface area (Å²) >= 11 is 0. The summed E-state index contributed by atoms with van der Waals surface area (Å²) in [6.07, 6.45) is 5.29. The first-order valence-corrected chi connectivity index (χ1v) is 21.1. The molecule has 0 aliphatic carbocycles. The SMILES string of the molecule is COC(=O)CCCN(C)Cc1ccc2c(c1)C[C@H]1C=Nc3cc(OCC(C)CC(C)COc4cc5c(cc4OC)C(=O)N4c6ccccc6C[C@H]4CN5)c(OC)cc3C(=O)N21. The van der Waals surface area contributed by atoms with Gasteiger partial charge in [0.25, 0.3) is 11.8 Å². The van der Waals surface area contributed by atoms with E-state index in [4.69, 9.17) is 28.7 Å². The Hall–Kier alpha value is -6.08. The first-order chi connectivity index (χ1) is 29.5. The highest BCUT2D eigenvalue weighted by molar-refractivity contribution is 6.15. The molecule has 13 nitrogen and oxygen atoms in total. The molecule has 1 N–H and O–H groups in total. The number of carbonyl (C=O) groups is 3. The Morgan fingerprint density at radius 2 is 1.51 bits per heavy atom. The van der Waals surface area contributed by atoms with Gasteiger partial charge in [0.2, 0.25) is 0 Å². The van der Waals surface area contributed by atoms with E-state index in [0.29, 0.717) is 72.4 Å². The van der Waals surface area contributed by atoms with Crippen molar-refractivity contribution in [2.45, 2.75) is 64.6 Å². The Kier molecular flexibility index (Phi) is 12.2. The standard InChI is InChI=1S/C48H55N5O8/c1-29(27-60-44-22-38-36(20-42(44)57-4)47(55)52-34(24-49-38)18-32-10-7-8-11-40(32)52)16-30(2)28-61-45-23-39-37(21-43(45)58-5)48(56)53-35(25-50-39)19-33-17-31(13-14-41(33)53)26-51(3)15-9-12-46(54)59-6/h7-8,10-11,13-14,17,20-23,25,29-30,34-35,49H,9,12,15-16,18-19,24,26-28H2,1-6H3/t29?,30?,34-,35-/m0/s1. The Morgan fingerprint density at radius 3 is 2.25 bits per heavy atom. The number of benzene rings is 4. The molecule has 4 aromatic rings. The number of hydrogen-bond donors (Lipinski definition) is 1. The lowest BCUT2D eigenvalue weighted by molar-refractivity contribution is -0.140. The quantitative estimate of drug-likeness (QED) is 0.113. The zero-order valence-corrected chi connectivity index (χ0v) is 35.9. The molecular formula is C48H55N5O8. The summed E-state index contributed by atoms with van der Waals surface area (Å²) in [6.45, 7) is 7.30. The minimum atomic E-state index is -0.206. The summed E-state index contributed by atoms with van der Waals surface area (Å²) in [5.41, 5.74) is 7.61. The van der Waals surface area contributed by atoms with E-state index < -0.39 is 0 Å². The van der Waals surface area contributed by atoms with Gasteiger partial charge in [-0.15, -0.1) is 0 Å². The van der Waals surface area contributed by atoms with Gasteiger partial charge in [-0.25, -0.2) is 0 Å². The Labute approximate surface area is 357 Å². The van der Waals surface area contributed by atoms with Crippen molar-refractivity contribution in [3.05, 3.63) is 94.5 Å². The van der Waals surface area contributed by atoms with Crippen molar-refractivity contribution in [3.8, 4) is 23.0 Å². The van der Waals surface area contributed by atoms with E-state index >= 15 is 0 Å². The summed E-state index contributed by atoms with van der Waals surface area (Å²) < 4.78 is 28.9. The fourth-order valence-electron chi connectivity index (χ4n) is 9.09. The molecule has 0 fully saturated rings. The molecule has 0 bridgehead atoms. The average molecular weight is 830 g/mol. The molecule has 4 aromatic carbocycles. The van der Waals surface area contributed by atoms with Gasteiger partial charge in [-0.05, 0) is 85.6 Å². The number of rotatable bonds is 16. The molecule has 8 rings (SSSR count). The van der Waals surface area contributed by atoms with E-state index in [1.165, 1.54) is 12.7 Å². The van der Waals surface area contributed by atoms with E-state index in [2.05, 4.69) is 42.3 Å². The molecule has 4 aliphatic rings. The number of aliphatic imine (C=N–C) groups is 1. The summed E-state index contributed by atoms with van der Waals surface area (Å²) in [5, 5.41) is 3.50. The third kappa shape index (κ3) is 8.61. The number of nitrogens with one attached hydrogen (secondary N) is 1. The van der Waals surface area contributed by atoms with Crippen molar-refractivity contribution >= 4 is 46.7 Å². The first-order valence-electron chi connectivity index (χ1n) is 21.1. The number of methoxy groups -OCH3 is 3. The van der Waals surface area contributed by atoms with E-state index in [1.54, 1.807) is 32.4 Å². The van der Waals surface area contributed by atoms with Crippen LogP contribution in [0.25, 0.3) is 0 Å². The molecular weight excluding hydrogens is 775 g/mol. The minimum Gasteiger partial charge on any atom is -0.493 e. The molecule has 4 atom stereocenters. The van der Waals surface area contributed by atoms with Crippen LogP contribution in [0, 0.1) is 11.8 Å². The molecule has 0 spiro atoms. The number of ether oxygens (including phenoxy) is 5. The van der Waals surface area contributed by atoms with Crippen molar-refractivity contribution < 1.29 is 38.1 Å². The maximum Gasteiger partial charge on any atom is 0.305 e. The summed E-state index contributed by atoms with van der Waals surface area (Å²) in [4.78, 5) is 50.2. The second-order valence-corrected chi connectivity index (χ2v) is 16.8. The van der Waals surface area contributed by atoms with Gasteiger partial charge < -0.3 is 38.8 Å². The molecule has 0 aromatic heterocycles. The molecule has 4 heterocycles. The molecule has 0 saturated carbocycles. The topological polar surface area (TPSA) is 131 Å². The molecule has 4 aliphatic heterocycles. The van der Waals surface area contributed by atoms with Gasteiger partial charge in [-0.2, -0.15) is 0 Å². The number of amides is 2. The third-order valence-electron chi connectivity index (χ3n) is 12.1. The van der Waals surface area contributed by atoms with Crippen molar-refractivity contribution in [2.75, 3.05) is 69.8 Å². The molecule has 13 heteroatoms. The monoisotopic (exact) mass is 829 g/mol. The highest BCUT2D eigenvalue weighted by Gasteiger charge is 2.39. The predicted molar refractivity (Wildman–Crippen MR) is 236 cm³/mol. The van der Waals surface area contributed by atoms with Crippen LogP contribution in [0.3, 0.4) is 0 Å². The van der Waals surface area contributed by atoms with Gasteiger partial charge in [0.15, 0.2) is 23.0 Å². The zero-order chi connectivity index (χ0) is 42.8. The molecule has 61 heavy (non-hydrogen) atoms. The number of nitrogens with zero attached hydrogens (tertiary/aromatic N) is 4. The normalized spacial score (nSPS) is 18.1. The minimum absolute atomic E-state index is 0.0417. The number of fused-ring (bicyclic) bond motifs is 8. The van der Waals surface area contributed by atoms with E-state index in [-0.39, 0.29) is 41.7 Å². The van der Waals surface area contributed by atoms with Crippen LogP contribution in [-0.2, 0) is 28.9 Å². The van der Waals surface area contributed by atoms with Crippen LogP contribution in [0.15, 0.2) is 71.7 Å². The van der Waals surface area contributed by atoms with Crippen LogP contribution >= 0.6 is 0 Å². The van der Waals surface area contributed by atoms with Crippen molar-refractivity contribution in [2.24, 2.45) is 16.8 Å². The highest BCUT2D eigenvalue weighted by Crippen LogP contribution is 2.43. The number of esters is 1. The van der Waals surface area contributed by atoms with E-state index in [0.717, 1.165) is 60.5 Å². The van der Waals surface area contributed by atoms with Crippen LogP contribution < -0.4 is 34.1 Å². The fourth-order valence-corrected chi connectivity index (χ4v) is 9.09. The second-order valence-electron chi connectivity index (χ2n) is 16.8. The fraction of sp³-hybridized carbons (Fsp3) is 0.417. The molecule has 320 valence electrons.